The van der Waals surface area contributed by atoms with Crippen LogP contribution in [-0.2, 0) is 11.2 Å². The predicted octanol–water partition coefficient (Wildman–Crippen LogP) is 3.23. The highest BCUT2D eigenvalue weighted by Crippen LogP contribution is 2.25. The van der Waals surface area contributed by atoms with Crippen LogP contribution >= 0.6 is 11.6 Å². The van der Waals surface area contributed by atoms with E-state index < -0.39 is 11.8 Å². The van der Waals surface area contributed by atoms with Crippen LogP contribution in [0.4, 0.5) is 4.39 Å². The summed E-state index contributed by atoms with van der Waals surface area (Å²) in [5.41, 5.74) is 0.983. The monoisotopic (exact) mass is 230 g/mol. The average molecular weight is 231 g/mol. The zero-order chi connectivity index (χ0) is 11.6. The SMILES string of the molecule is CC(C)c1cc(Cl)c(F)c(CC(=O)O)c1. The quantitative estimate of drug-likeness (QED) is 0.866. The lowest BCUT2D eigenvalue weighted by atomic mass is 9.99. The van der Waals surface area contributed by atoms with Gasteiger partial charge in [0.05, 0.1) is 11.4 Å². The van der Waals surface area contributed by atoms with Gasteiger partial charge in [-0.25, -0.2) is 4.39 Å². The van der Waals surface area contributed by atoms with Crippen molar-refractivity contribution in [3.63, 3.8) is 0 Å². The van der Waals surface area contributed by atoms with Crippen molar-refractivity contribution in [2.45, 2.75) is 26.2 Å². The summed E-state index contributed by atoms with van der Waals surface area (Å²) in [5.74, 6) is -1.51. The van der Waals surface area contributed by atoms with Crippen molar-refractivity contribution in [2.75, 3.05) is 0 Å². The van der Waals surface area contributed by atoms with Gasteiger partial charge in [0, 0.05) is 5.56 Å². The Morgan fingerprint density at radius 2 is 2.13 bits per heavy atom. The summed E-state index contributed by atoms with van der Waals surface area (Å²) in [6, 6.07) is 3.09. The van der Waals surface area contributed by atoms with Crippen molar-refractivity contribution in [3.05, 3.63) is 34.1 Å². The molecule has 0 radical (unpaired) electrons. The second kappa shape index (κ2) is 4.62. The van der Waals surface area contributed by atoms with Crippen LogP contribution in [0.15, 0.2) is 12.1 Å². The third-order valence-corrected chi connectivity index (χ3v) is 2.41. The Morgan fingerprint density at radius 3 is 2.60 bits per heavy atom. The third kappa shape index (κ3) is 2.93. The van der Waals surface area contributed by atoms with Crippen LogP contribution in [0.5, 0.6) is 0 Å². The molecule has 0 aliphatic rings. The molecule has 0 bridgehead atoms. The molecule has 0 saturated heterocycles. The van der Waals surface area contributed by atoms with E-state index in [2.05, 4.69) is 0 Å². The molecule has 1 aromatic rings. The maximum absolute atomic E-state index is 13.4. The van der Waals surface area contributed by atoms with Gasteiger partial charge in [0.25, 0.3) is 0 Å². The molecule has 0 unspecified atom stereocenters. The molecule has 0 aliphatic heterocycles. The molecule has 1 aromatic carbocycles. The van der Waals surface area contributed by atoms with Crippen molar-refractivity contribution in [2.24, 2.45) is 0 Å². The molecule has 0 fully saturated rings. The molecule has 0 saturated carbocycles. The largest absolute Gasteiger partial charge is 0.481 e. The molecule has 0 atom stereocenters. The number of aliphatic carboxylic acids is 1. The van der Waals surface area contributed by atoms with Crippen LogP contribution < -0.4 is 0 Å². The number of hydrogen-bond donors (Lipinski definition) is 1. The molecular formula is C11H12ClFO2. The van der Waals surface area contributed by atoms with Gasteiger partial charge >= 0.3 is 5.97 Å². The minimum absolute atomic E-state index is 0.0162. The molecule has 0 aromatic heterocycles. The second-order valence-corrected chi connectivity index (χ2v) is 4.11. The van der Waals surface area contributed by atoms with E-state index in [1.165, 1.54) is 6.07 Å². The smallest absolute Gasteiger partial charge is 0.307 e. The van der Waals surface area contributed by atoms with Crippen molar-refractivity contribution in [3.8, 4) is 0 Å². The minimum Gasteiger partial charge on any atom is -0.481 e. The molecule has 0 amide bonds. The van der Waals surface area contributed by atoms with Gasteiger partial charge in [-0.3, -0.25) is 4.79 Å². The first-order valence-corrected chi connectivity index (χ1v) is 4.99. The Morgan fingerprint density at radius 1 is 1.53 bits per heavy atom. The van der Waals surface area contributed by atoms with Crippen LogP contribution in [-0.4, -0.2) is 11.1 Å². The van der Waals surface area contributed by atoms with E-state index in [1.54, 1.807) is 6.07 Å². The summed E-state index contributed by atoms with van der Waals surface area (Å²) in [5, 5.41) is 8.59. The van der Waals surface area contributed by atoms with E-state index in [4.69, 9.17) is 16.7 Å². The van der Waals surface area contributed by atoms with Crippen LogP contribution in [0.1, 0.15) is 30.9 Å². The van der Waals surface area contributed by atoms with Crippen LogP contribution in [0, 0.1) is 5.82 Å². The fourth-order valence-electron chi connectivity index (χ4n) is 1.29. The van der Waals surface area contributed by atoms with Gasteiger partial charge in [-0.1, -0.05) is 31.5 Å². The molecule has 0 spiro atoms. The zero-order valence-corrected chi connectivity index (χ0v) is 9.31. The number of carboxylic acids is 1. The minimum atomic E-state index is -1.06. The Balaban J connectivity index is 3.18. The summed E-state index contributed by atoms with van der Waals surface area (Å²) in [6.45, 7) is 3.88. The fourth-order valence-corrected chi connectivity index (χ4v) is 1.54. The summed E-state index contributed by atoms with van der Waals surface area (Å²) < 4.78 is 13.4. The summed E-state index contributed by atoms with van der Waals surface area (Å²) in [4.78, 5) is 10.5. The van der Waals surface area contributed by atoms with Crippen molar-refractivity contribution < 1.29 is 14.3 Å². The highest BCUT2D eigenvalue weighted by atomic mass is 35.5. The van der Waals surface area contributed by atoms with E-state index in [1.807, 2.05) is 13.8 Å². The van der Waals surface area contributed by atoms with E-state index in [0.29, 0.717) is 0 Å². The lowest BCUT2D eigenvalue weighted by Gasteiger charge is -2.09. The number of carboxylic acid groups (broad SMARTS) is 1. The van der Waals surface area contributed by atoms with Crippen LogP contribution in [0.2, 0.25) is 5.02 Å². The van der Waals surface area contributed by atoms with Gasteiger partial charge < -0.3 is 5.11 Å². The van der Waals surface area contributed by atoms with Crippen LogP contribution in [0.25, 0.3) is 0 Å². The summed E-state index contributed by atoms with van der Waals surface area (Å²) in [7, 11) is 0. The number of benzene rings is 1. The first-order valence-electron chi connectivity index (χ1n) is 4.61. The van der Waals surface area contributed by atoms with Crippen molar-refractivity contribution >= 4 is 17.6 Å². The first kappa shape index (κ1) is 12.0. The van der Waals surface area contributed by atoms with Gasteiger partial charge in [-0.2, -0.15) is 0 Å². The van der Waals surface area contributed by atoms with E-state index in [9.17, 15) is 9.18 Å². The molecule has 1 N–H and O–H groups in total. The number of rotatable bonds is 3. The molecule has 0 heterocycles. The molecular weight excluding hydrogens is 219 g/mol. The van der Waals surface area contributed by atoms with E-state index >= 15 is 0 Å². The third-order valence-electron chi connectivity index (χ3n) is 2.13. The maximum atomic E-state index is 13.4. The molecule has 1 rings (SSSR count). The van der Waals surface area contributed by atoms with Gasteiger partial charge in [0.1, 0.15) is 5.82 Å². The standard InChI is InChI=1S/C11H12ClFO2/c1-6(2)7-3-8(5-10(14)15)11(13)9(12)4-7/h3-4,6H,5H2,1-2H3,(H,14,15). The Kier molecular flexibility index (Phi) is 3.69. The van der Waals surface area contributed by atoms with Crippen molar-refractivity contribution in [1.82, 2.24) is 0 Å². The fraction of sp³-hybridized carbons (Fsp3) is 0.364. The van der Waals surface area contributed by atoms with E-state index in [0.717, 1.165) is 5.56 Å². The topological polar surface area (TPSA) is 37.3 Å². The van der Waals surface area contributed by atoms with Gasteiger partial charge in [-0.15, -0.1) is 0 Å². The lowest BCUT2D eigenvalue weighted by molar-refractivity contribution is -0.136. The number of hydrogen-bond acceptors (Lipinski definition) is 1. The summed E-state index contributed by atoms with van der Waals surface area (Å²) in [6.07, 6.45) is -0.341. The van der Waals surface area contributed by atoms with Crippen LogP contribution in [0.3, 0.4) is 0 Å². The maximum Gasteiger partial charge on any atom is 0.307 e. The zero-order valence-electron chi connectivity index (χ0n) is 8.55. The molecule has 2 nitrogen and oxygen atoms in total. The number of halogens is 2. The molecule has 4 heteroatoms. The summed E-state index contributed by atoms with van der Waals surface area (Å²) >= 11 is 5.68. The molecule has 0 aliphatic carbocycles. The highest BCUT2D eigenvalue weighted by molar-refractivity contribution is 6.30. The Bertz CT molecular complexity index is 388. The van der Waals surface area contributed by atoms with Gasteiger partial charge in [0.2, 0.25) is 0 Å². The van der Waals surface area contributed by atoms with Gasteiger partial charge in [0.15, 0.2) is 0 Å². The normalized spacial score (nSPS) is 10.7. The number of carbonyl (C=O) groups is 1. The van der Waals surface area contributed by atoms with E-state index in [-0.39, 0.29) is 22.9 Å². The molecule has 15 heavy (non-hydrogen) atoms. The second-order valence-electron chi connectivity index (χ2n) is 3.70. The predicted molar refractivity (Wildman–Crippen MR) is 56.8 cm³/mol. The molecule has 82 valence electrons. The Labute approximate surface area is 92.7 Å². The van der Waals surface area contributed by atoms with Gasteiger partial charge in [-0.05, 0) is 17.5 Å². The Hall–Kier alpha value is -1.09. The first-order chi connectivity index (χ1) is 6.91. The highest BCUT2D eigenvalue weighted by Gasteiger charge is 2.13. The lowest BCUT2D eigenvalue weighted by Crippen LogP contribution is -2.04. The average Bonchev–Trinajstić information content (AvgIpc) is 2.11. The van der Waals surface area contributed by atoms with Crippen molar-refractivity contribution in [1.29, 1.82) is 0 Å².